The van der Waals surface area contributed by atoms with Crippen LogP contribution in [0.1, 0.15) is 50.5 Å². The highest BCUT2D eigenvalue weighted by atomic mass is 19.2. The third-order valence-corrected chi connectivity index (χ3v) is 5.25. The Bertz CT molecular complexity index is 730. The van der Waals surface area contributed by atoms with E-state index in [0.717, 1.165) is 37.0 Å². The first-order valence-electron chi connectivity index (χ1n) is 8.79. The molecule has 3 heteroatoms. The second-order valence-electron chi connectivity index (χ2n) is 6.70. The third kappa shape index (κ3) is 3.31. The molecular weight excluding hydrogens is 306 g/mol. The molecular formula is C21H24F2O. The molecule has 0 atom stereocenters. The first-order chi connectivity index (χ1) is 11.6. The van der Waals surface area contributed by atoms with Gasteiger partial charge < -0.3 is 4.74 Å². The van der Waals surface area contributed by atoms with E-state index in [1.54, 1.807) is 24.3 Å². The number of benzene rings is 2. The minimum absolute atomic E-state index is 0.128. The van der Waals surface area contributed by atoms with E-state index in [0.29, 0.717) is 17.9 Å². The van der Waals surface area contributed by atoms with Crippen LogP contribution in [0.4, 0.5) is 8.78 Å². The second kappa shape index (κ2) is 7.33. The van der Waals surface area contributed by atoms with Crippen molar-refractivity contribution in [2.45, 2.75) is 44.9 Å². The molecule has 2 aromatic rings. The highest BCUT2D eigenvalue weighted by molar-refractivity contribution is 5.85. The molecule has 0 aromatic heterocycles. The van der Waals surface area contributed by atoms with Gasteiger partial charge in [0.25, 0.3) is 0 Å². The zero-order valence-electron chi connectivity index (χ0n) is 14.2. The maximum Gasteiger partial charge on any atom is 0.167 e. The molecule has 0 radical (unpaired) electrons. The molecule has 1 aliphatic carbocycles. The fraction of sp³-hybridized carbons (Fsp3) is 0.429. The van der Waals surface area contributed by atoms with Crippen LogP contribution in [-0.4, -0.2) is 6.61 Å². The van der Waals surface area contributed by atoms with Crippen LogP contribution in [-0.2, 0) is 0 Å². The predicted octanol–water partition coefficient (Wildman–Crippen LogP) is 6.37. The molecule has 0 amide bonds. The van der Waals surface area contributed by atoms with Crippen molar-refractivity contribution in [3.8, 4) is 5.75 Å². The van der Waals surface area contributed by atoms with E-state index >= 15 is 0 Å². The molecule has 0 unspecified atom stereocenters. The summed E-state index contributed by atoms with van der Waals surface area (Å²) in [5.74, 6) is -0.0630. The summed E-state index contributed by atoms with van der Waals surface area (Å²) in [6, 6.07) is 6.98. The van der Waals surface area contributed by atoms with Crippen LogP contribution in [0, 0.1) is 17.6 Å². The van der Waals surface area contributed by atoms with Gasteiger partial charge in [0.15, 0.2) is 11.6 Å². The van der Waals surface area contributed by atoms with E-state index in [1.165, 1.54) is 6.42 Å². The van der Waals surface area contributed by atoms with Gasteiger partial charge in [0.1, 0.15) is 12.4 Å². The summed E-state index contributed by atoms with van der Waals surface area (Å²) in [7, 11) is 0. The second-order valence-corrected chi connectivity index (χ2v) is 6.70. The van der Waals surface area contributed by atoms with Crippen molar-refractivity contribution in [3.05, 3.63) is 54.1 Å². The zero-order chi connectivity index (χ0) is 17.1. The average Bonchev–Trinajstić information content (AvgIpc) is 2.63. The van der Waals surface area contributed by atoms with Gasteiger partial charge in [-0.2, -0.15) is 0 Å². The molecule has 128 valence electrons. The molecule has 1 fully saturated rings. The van der Waals surface area contributed by atoms with Crippen LogP contribution in [0.3, 0.4) is 0 Å². The van der Waals surface area contributed by atoms with Crippen LogP contribution < -0.4 is 4.74 Å². The molecule has 0 bridgehead atoms. The summed E-state index contributed by atoms with van der Waals surface area (Å²) in [5, 5.41) is 1.01. The number of rotatable bonds is 5. The van der Waals surface area contributed by atoms with Crippen molar-refractivity contribution >= 4 is 10.8 Å². The smallest absolute Gasteiger partial charge is 0.167 e. The fourth-order valence-electron chi connectivity index (χ4n) is 3.75. The molecule has 1 aliphatic rings. The number of ether oxygens (including phenoxy) is 1. The predicted molar refractivity (Wildman–Crippen MR) is 94.5 cm³/mol. The van der Waals surface area contributed by atoms with Crippen molar-refractivity contribution in [2.75, 3.05) is 6.61 Å². The number of hydrogen-bond acceptors (Lipinski definition) is 1. The molecule has 24 heavy (non-hydrogen) atoms. The third-order valence-electron chi connectivity index (χ3n) is 5.25. The molecule has 0 saturated heterocycles. The van der Waals surface area contributed by atoms with Gasteiger partial charge in [-0.3, -0.25) is 0 Å². The highest BCUT2D eigenvalue weighted by Crippen LogP contribution is 2.40. The van der Waals surface area contributed by atoms with Crippen molar-refractivity contribution < 1.29 is 13.5 Å². The Morgan fingerprint density at radius 2 is 1.88 bits per heavy atom. The normalized spacial score (nSPS) is 21.0. The summed E-state index contributed by atoms with van der Waals surface area (Å²) in [6.45, 7) is 6.13. The fourth-order valence-corrected chi connectivity index (χ4v) is 3.75. The number of fused-ring (bicyclic) bond motifs is 1. The van der Waals surface area contributed by atoms with Crippen molar-refractivity contribution in [2.24, 2.45) is 5.92 Å². The van der Waals surface area contributed by atoms with E-state index in [-0.39, 0.29) is 11.3 Å². The van der Waals surface area contributed by atoms with Gasteiger partial charge in [-0.05, 0) is 66.7 Å². The zero-order valence-corrected chi connectivity index (χ0v) is 14.2. The summed E-state index contributed by atoms with van der Waals surface area (Å²) >= 11 is 0. The highest BCUT2D eigenvalue weighted by Gasteiger charge is 2.26. The minimum atomic E-state index is -0.760. The summed E-state index contributed by atoms with van der Waals surface area (Å²) in [5.41, 5.74) is 0.536. The van der Waals surface area contributed by atoms with Gasteiger partial charge in [0.05, 0.1) is 0 Å². The summed E-state index contributed by atoms with van der Waals surface area (Å²) < 4.78 is 34.7. The van der Waals surface area contributed by atoms with Crippen LogP contribution in [0.25, 0.3) is 10.8 Å². The van der Waals surface area contributed by atoms with Crippen LogP contribution >= 0.6 is 0 Å². The van der Waals surface area contributed by atoms with E-state index in [2.05, 4.69) is 13.5 Å². The first kappa shape index (κ1) is 16.9. The number of hydrogen-bond donors (Lipinski definition) is 0. The molecule has 3 rings (SSSR count). The van der Waals surface area contributed by atoms with Gasteiger partial charge >= 0.3 is 0 Å². The Hall–Kier alpha value is -1.90. The SMILES string of the molecule is C=CCOc1ccc2cc(C3CCC(CC)CC3)c(F)c(F)c2c1. The molecule has 1 nitrogen and oxygen atoms in total. The molecule has 0 aliphatic heterocycles. The summed E-state index contributed by atoms with van der Waals surface area (Å²) in [6.07, 6.45) is 6.90. The lowest BCUT2D eigenvalue weighted by molar-refractivity contribution is 0.313. The number of halogens is 2. The van der Waals surface area contributed by atoms with Gasteiger partial charge in [0, 0.05) is 5.39 Å². The lowest BCUT2D eigenvalue weighted by atomic mass is 9.77. The van der Waals surface area contributed by atoms with Crippen molar-refractivity contribution in [1.82, 2.24) is 0 Å². The van der Waals surface area contributed by atoms with Crippen LogP contribution in [0.5, 0.6) is 5.75 Å². The first-order valence-corrected chi connectivity index (χ1v) is 8.79. The van der Waals surface area contributed by atoms with Gasteiger partial charge in [0.2, 0.25) is 0 Å². The van der Waals surface area contributed by atoms with Crippen molar-refractivity contribution in [3.63, 3.8) is 0 Å². The standard InChI is InChI=1S/C21H24F2O/c1-3-11-24-17-10-9-16-12-18(20(22)21(23)19(16)13-17)15-7-5-14(4-2)6-8-15/h3,9-10,12-15H,1,4-8,11H2,2H3. The molecule has 0 spiro atoms. The van der Waals surface area contributed by atoms with Crippen LogP contribution in [0.2, 0.25) is 0 Å². The Labute approximate surface area is 142 Å². The Morgan fingerprint density at radius 3 is 2.54 bits per heavy atom. The topological polar surface area (TPSA) is 9.23 Å². The Morgan fingerprint density at radius 1 is 1.12 bits per heavy atom. The summed E-state index contributed by atoms with van der Waals surface area (Å²) in [4.78, 5) is 0. The maximum atomic E-state index is 14.6. The van der Waals surface area contributed by atoms with Gasteiger partial charge in [-0.15, -0.1) is 0 Å². The minimum Gasteiger partial charge on any atom is -0.490 e. The lowest BCUT2D eigenvalue weighted by Crippen LogP contribution is -2.14. The van der Waals surface area contributed by atoms with E-state index in [1.807, 2.05) is 6.07 Å². The van der Waals surface area contributed by atoms with E-state index < -0.39 is 11.6 Å². The monoisotopic (exact) mass is 330 g/mol. The average molecular weight is 330 g/mol. The molecule has 2 aromatic carbocycles. The Balaban J connectivity index is 1.93. The van der Waals surface area contributed by atoms with E-state index in [4.69, 9.17) is 4.74 Å². The lowest BCUT2D eigenvalue weighted by Gasteiger charge is -2.28. The van der Waals surface area contributed by atoms with Gasteiger partial charge in [-0.25, -0.2) is 8.78 Å². The van der Waals surface area contributed by atoms with Crippen LogP contribution in [0.15, 0.2) is 36.9 Å². The largest absolute Gasteiger partial charge is 0.490 e. The molecule has 0 N–H and O–H groups in total. The maximum absolute atomic E-state index is 14.6. The van der Waals surface area contributed by atoms with Gasteiger partial charge in [-0.1, -0.05) is 32.1 Å². The Kier molecular flexibility index (Phi) is 5.17. The quantitative estimate of drug-likeness (QED) is 0.579. The molecule has 0 heterocycles. The molecule has 1 saturated carbocycles. The van der Waals surface area contributed by atoms with Crippen molar-refractivity contribution in [1.29, 1.82) is 0 Å². The van der Waals surface area contributed by atoms with E-state index in [9.17, 15) is 8.78 Å².